The molecule has 0 saturated carbocycles. The number of phenols is 1. The molecule has 0 bridgehead atoms. The fourth-order valence-electron chi connectivity index (χ4n) is 2.28. The van der Waals surface area contributed by atoms with Crippen LogP contribution in [0.15, 0.2) is 12.1 Å². The summed E-state index contributed by atoms with van der Waals surface area (Å²) in [5.74, 6) is 0.0779. The minimum absolute atomic E-state index is 0.102. The van der Waals surface area contributed by atoms with E-state index in [4.69, 9.17) is 4.74 Å². The van der Waals surface area contributed by atoms with Crippen molar-refractivity contribution in [2.24, 2.45) is 0 Å². The molecule has 6 heteroatoms. The topological polar surface area (TPSA) is 75.8 Å². The highest BCUT2D eigenvalue weighted by Crippen LogP contribution is 2.39. The molecule has 124 valence electrons. The van der Waals surface area contributed by atoms with Crippen LogP contribution in [0.2, 0.25) is 0 Å². The second kappa shape index (κ2) is 8.46. The summed E-state index contributed by atoms with van der Waals surface area (Å²) in [6, 6.07) is 2.67. The molecule has 0 amide bonds. The normalized spacial score (nSPS) is 12.0. The minimum atomic E-state index is -0.529. The van der Waals surface area contributed by atoms with Gasteiger partial charge in [0.05, 0.1) is 22.8 Å². The number of phenolic OH excluding ortho intramolecular Hbond substituents is 1. The maximum Gasteiger partial charge on any atom is 0.314 e. The number of aromatic hydroxyl groups is 1. The van der Waals surface area contributed by atoms with E-state index in [0.29, 0.717) is 5.69 Å². The van der Waals surface area contributed by atoms with Gasteiger partial charge in [0.25, 0.3) is 0 Å². The summed E-state index contributed by atoms with van der Waals surface area (Å²) >= 11 is 0. The van der Waals surface area contributed by atoms with Gasteiger partial charge in [-0.2, -0.15) is 0 Å². The summed E-state index contributed by atoms with van der Waals surface area (Å²) < 4.78 is 5.75. The van der Waals surface area contributed by atoms with E-state index in [2.05, 4.69) is 6.92 Å². The third-order valence-electron chi connectivity index (χ3n) is 3.53. The van der Waals surface area contributed by atoms with Crippen LogP contribution in [-0.4, -0.2) is 30.2 Å². The lowest BCUT2D eigenvalue weighted by atomic mass is 10.1. The van der Waals surface area contributed by atoms with Gasteiger partial charge in [0.1, 0.15) is 5.75 Å². The SMILES string of the molecule is CCCCCC[C@H](C)Oc1cc(N(C)C)c(O)cc1[N+](=O)[O-]. The van der Waals surface area contributed by atoms with Gasteiger partial charge in [-0.05, 0) is 19.8 Å². The van der Waals surface area contributed by atoms with Crippen LogP contribution in [0.1, 0.15) is 46.0 Å². The molecule has 1 atom stereocenters. The third kappa shape index (κ3) is 5.09. The fraction of sp³-hybridized carbons (Fsp3) is 0.625. The zero-order valence-corrected chi connectivity index (χ0v) is 13.8. The van der Waals surface area contributed by atoms with E-state index in [1.54, 1.807) is 19.0 Å². The van der Waals surface area contributed by atoms with Crippen molar-refractivity contribution in [2.45, 2.75) is 52.1 Å². The quantitative estimate of drug-likeness (QED) is 0.422. The number of hydrogen-bond donors (Lipinski definition) is 1. The molecule has 6 nitrogen and oxygen atoms in total. The first-order chi connectivity index (χ1) is 10.4. The Morgan fingerprint density at radius 2 is 2.00 bits per heavy atom. The van der Waals surface area contributed by atoms with E-state index in [1.807, 2.05) is 6.92 Å². The van der Waals surface area contributed by atoms with Gasteiger partial charge in [-0.3, -0.25) is 10.1 Å². The molecular weight excluding hydrogens is 284 g/mol. The standard InChI is InChI=1S/C16H26N2O4/c1-5-6-7-8-9-12(2)22-16-11-13(17(3)4)15(19)10-14(16)18(20)21/h10-12,19H,5-9H2,1-4H3/t12-/m0/s1. The smallest absolute Gasteiger partial charge is 0.314 e. The van der Waals surface area contributed by atoms with Gasteiger partial charge in [0.2, 0.25) is 0 Å². The minimum Gasteiger partial charge on any atom is -0.506 e. The second-order valence-corrected chi connectivity index (χ2v) is 5.74. The Morgan fingerprint density at radius 3 is 2.55 bits per heavy atom. The number of nitrogens with zero attached hydrogens (tertiary/aromatic N) is 2. The highest BCUT2D eigenvalue weighted by molar-refractivity contribution is 5.67. The van der Waals surface area contributed by atoms with Gasteiger partial charge in [0, 0.05) is 20.2 Å². The molecule has 0 heterocycles. The number of anilines is 1. The molecule has 0 saturated heterocycles. The van der Waals surface area contributed by atoms with E-state index in [-0.39, 0.29) is 23.3 Å². The summed E-state index contributed by atoms with van der Waals surface area (Å²) in [6.45, 7) is 4.07. The van der Waals surface area contributed by atoms with Crippen molar-refractivity contribution >= 4 is 11.4 Å². The van der Waals surface area contributed by atoms with Gasteiger partial charge in [0.15, 0.2) is 5.75 Å². The highest BCUT2D eigenvalue weighted by atomic mass is 16.6. The number of rotatable bonds is 9. The summed E-state index contributed by atoms with van der Waals surface area (Å²) in [5.41, 5.74) is 0.294. The van der Waals surface area contributed by atoms with Gasteiger partial charge in [-0.15, -0.1) is 0 Å². The third-order valence-corrected chi connectivity index (χ3v) is 3.53. The average Bonchev–Trinajstić information content (AvgIpc) is 2.44. The maximum atomic E-state index is 11.1. The Kier molecular flexibility index (Phi) is 6.95. The lowest BCUT2D eigenvalue weighted by Crippen LogP contribution is -2.14. The van der Waals surface area contributed by atoms with Crippen LogP contribution in [0.25, 0.3) is 0 Å². The molecule has 0 unspecified atom stereocenters. The van der Waals surface area contributed by atoms with Crippen molar-refractivity contribution in [3.05, 3.63) is 22.2 Å². The van der Waals surface area contributed by atoms with Crippen LogP contribution >= 0.6 is 0 Å². The molecule has 0 aliphatic heterocycles. The van der Waals surface area contributed by atoms with Crippen LogP contribution in [0.3, 0.4) is 0 Å². The largest absolute Gasteiger partial charge is 0.506 e. The molecule has 22 heavy (non-hydrogen) atoms. The second-order valence-electron chi connectivity index (χ2n) is 5.74. The average molecular weight is 310 g/mol. The number of unbranched alkanes of at least 4 members (excludes halogenated alkanes) is 3. The summed E-state index contributed by atoms with van der Waals surface area (Å²) in [7, 11) is 3.53. The molecule has 0 aliphatic carbocycles. The van der Waals surface area contributed by atoms with Crippen LogP contribution in [0, 0.1) is 10.1 Å². The predicted molar refractivity (Wildman–Crippen MR) is 87.9 cm³/mol. The highest BCUT2D eigenvalue weighted by Gasteiger charge is 2.21. The molecule has 0 radical (unpaired) electrons. The Labute approximate surface area is 131 Å². The Morgan fingerprint density at radius 1 is 1.32 bits per heavy atom. The summed E-state index contributed by atoms with van der Waals surface area (Å²) in [4.78, 5) is 12.3. The van der Waals surface area contributed by atoms with Gasteiger partial charge in [-0.1, -0.05) is 26.2 Å². The number of hydrogen-bond acceptors (Lipinski definition) is 5. The Bertz CT molecular complexity index is 503. The molecule has 1 aromatic carbocycles. The number of nitro groups is 1. The zero-order chi connectivity index (χ0) is 16.7. The Balaban J connectivity index is 2.86. The van der Waals surface area contributed by atoms with Crippen LogP contribution < -0.4 is 9.64 Å². The van der Waals surface area contributed by atoms with E-state index in [9.17, 15) is 15.2 Å². The maximum absolute atomic E-state index is 11.1. The molecule has 1 rings (SSSR count). The number of ether oxygens (including phenoxy) is 1. The molecule has 0 aromatic heterocycles. The zero-order valence-electron chi connectivity index (χ0n) is 13.8. The summed E-state index contributed by atoms with van der Waals surface area (Å²) in [5, 5.41) is 21.0. The van der Waals surface area contributed by atoms with Crippen LogP contribution in [-0.2, 0) is 0 Å². The molecule has 0 fully saturated rings. The first-order valence-electron chi connectivity index (χ1n) is 7.72. The van der Waals surface area contributed by atoms with E-state index < -0.39 is 4.92 Å². The summed E-state index contributed by atoms with van der Waals surface area (Å²) in [6.07, 6.45) is 5.30. The predicted octanol–water partition coefficient (Wildman–Crippen LogP) is 4.10. The van der Waals surface area contributed by atoms with E-state index in [1.165, 1.54) is 18.9 Å². The lowest BCUT2D eigenvalue weighted by molar-refractivity contribution is -0.386. The molecule has 1 N–H and O–H groups in total. The Hall–Kier alpha value is -1.98. The van der Waals surface area contributed by atoms with Crippen molar-refractivity contribution in [1.29, 1.82) is 0 Å². The first-order valence-corrected chi connectivity index (χ1v) is 7.72. The monoisotopic (exact) mass is 310 g/mol. The lowest BCUT2D eigenvalue weighted by Gasteiger charge is -2.18. The van der Waals surface area contributed by atoms with Crippen molar-refractivity contribution in [1.82, 2.24) is 0 Å². The van der Waals surface area contributed by atoms with Gasteiger partial charge >= 0.3 is 5.69 Å². The fourth-order valence-corrected chi connectivity index (χ4v) is 2.28. The van der Waals surface area contributed by atoms with E-state index >= 15 is 0 Å². The van der Waals surface area contributed by atoms with Gasteiger partial charge < -0.3 is 14.7 Å². The molecule has 0 aliphatic rings. The van der Waals surface area contributed by atoms with Crippen molar-refractivity contribution in [3.8, 4) is 11.5 Å². The van der Waals surface area contributed by atoms with Crippen molar-refractivity contribution < 1.29 is 14.8 Å². The number of nitro benzene ring substituents is 1. The van der Waals surface area contributed by atoms with Crippen LogP contribution in [0.5, 0.6) is 11.5 Å². The molecule has 0 spiro atoms. The first kappa shape index (κ1) is 18.1. The van der Waals surface area contributed by atoms with Crippen molar-refractivity contribution in [3.63, 3.8) is 0 Å². The van der Waals surface area contributed by atoms with E-state index in [0.717, 1.165) is 25.3 Å². The van der Waals surface area contributed by atoms with Gasteiger partial charge in [-0.25, -0.2) is 0 Å². The van der Waals surface area contributed by atoms with Crippen LogP contribution in [0.4, 0.5) is 11.4 Å². The van der Waals surface area contributed by atoms with Crippen molar-refractivity contribution in [2.75, 3.05) is 19.0 Å². The molecule has 1 aromatic rings. The number of benzene rings is 1. The molecular formula is C16H26N2O4.